The van der Waals surface area contributed by atoms with E-state index in [1.807, 2.05) is 31.2 Å². The van der Waals surface area contributed by atoms with Gasteiger partial charge < -0.3 is 10.6 Å². The summed E-state index contributed by atoms with van der Waals surface area (Å²) in [6.07, 6.45) is 1.27. The molecule has 0 atom stereocenters. The molecule has 4 aromatic rings. The first-order valence-corrected chi connectivity index (χ1v) is 9.98. The summed E-state index contributed by atoms with van der Waals surface area (Å²) in [5.74, 6) is -1.06. The first-order chi connectivity index (χ1) is 15.4. The SMILES string of the molecule is Cc1ccc(CNC(=O)c2cc(C(=O)NCc3ccc(F)c(C)c3)nc3ncnn23)cc1. The molecular weight excluding hydrogens is 411 g/mol. The van der Waals surface area contributed by atoms with Crippen LogP contribution in [0.5, 0.6) is 0 Å². The van der Waals surface area contributed by atoms with Crippen molar-refractivity contribution in [2.24, 2.45) is 0 Å². The molecule has 8 nitrogen and oxygen atoms in total. The van der Waals surface area contributed by atoms with Gasteiger partial charge in [-0.3, -0.25) is 9.59 Å². The fourth-order valence-electron chi connectivity index (χ4n) is 3.16. The molecule has 0 saturated carbocycles. The fraction of sp³-hybridized carbons (Fsp3) is 0.174. The Labute approximate surface area is 183 Å². The van der Waals surface area contributed by atoms with E-state index in [0.717, 1.165) is 16.7 Å². The molecule has 0 radical (unpaired) electrons. The van der Waals surface area contributed by atoms with Gasteiger partial charge in [-0.1, -0.05) is 42.0 Å². The van der Waals surface area contributed by atoms with E-state index in [0.29, 0.717) is 12.1 Å². The Morgan fingerprint density at radius 2 is 1.62 bits per heavy atom. The van der Waals surface area contributed by atoms with Crippen LogP contribution in [-0.4, -0.2) is 31.4 Å². The lowest BCUT2D eigenvalue weighted by molar-refractivity contribution is 0.0942. The van der Waals surface area contributed by atoms with Crippen LogP contribution in [0.15, 0.2) is 54.9 Å². The summed E-state index contributed by atoms with van der Waals surface area (Å²) in [6.45, 7) is 4.16. The van der Waals surface area contributed by atoms with Gasteiger partial charge in [-0.2, -0.15) is 14.6 Å². The number of aromatic nitrogens is 4. The zero-order valence-electron chi connectivity index (χ0n) is 17.6. The van der Waals surface area contributed by atoms with Crippen LogP contribution in [0.4, 0.5) is 4.39 Å². The van der Waals surface area contributed by atoms with Crippen molar-refractivity contribution in [1.82, 2.24) is 30.2 Å². The number of aryl methyl sites for hydroxylation is 2. The normalized spacial score (nSPS) is 10.8. The van der Waals surface area contributed by atoms with Gasteiger partial charge in [0.25, 0.3) is 17.6 Å². The maximum Gasteiger partial charge on any atom is 0.270 e. The number of nitrogens with zero attached hydrogens (tertiary/aromatic N) is 4. The lowest BCUT2D eigenvalue weighted by Gasteiger charge is -2.10. The molecule has 0 aliphatic heterocycles. The molecule has 2 amide bonds. The van der Waals surface area contributed by atoms with E-state index >= 15 is 0 Å². The topological polar surface area (TPSA) is 101 Å². The third kappa shape index (κ3) is 4.61. The van der Waals surface area contributed by atoms with Crippen LogP contribution in [0, 0.1) is 19.7 Å². The van der Waals surface area contributed by atoms with Gasteiger partial charge in [0.05, 0.1) is 0 Å². The molecule has 0 unspecified atom stereocenters. The number of hydrogen-bond donors (Lipinski definition) is 2. The Kier molecular flexibility index (Phi) is 5.89. The van der Waals surface area contributed by atoms with Crippen LogP contribution in [0.25, 0.3) is 5.78 Å². The van der Waals surface area contributed by atoms with E-state index in [-0.39, 0.29) is 29.5 Å². The first-order valence-electron chi connectivity index (χ1n) is 9.98. The van der Waals surface area contributed by atoms with Crippen molar-refractivity contribution in [3.05, 3.63) is 94.3 Å². The number of benzene rings is 2. The minimum atomic E-state index is -0.481. The van der Waals surface area contributed by atoms with Crippen LogP contribution in [0.2, 0.25) is 0 Å². The van der Waals surface area contributed by atoms with Crippen LogP contribution in [0.1, 0.15) is 43.2 Å². The summed E-state index contributed by atoms with van der Waals surface area (Å²) in [7, 11) is 0. The van der Waals surface area contributed by atoms with Gasteiger partial charge in [-0.25, -0.2) is 9.37 Å². The molecule has 0 fully saturated rings. The molecule has 2 aromatic heterocycles. The quantitative estimate of drug-likeness (QED) is 0.488. The lowest BCUT2D eigenvalue weighted by atomic mass is 10.1. The standard InChI is InChI=1S/C23H21FN6O2/c1-14-3-5-16(6-4-14)11-26-22(32)20-10-19(29-23-27-13-28-30(20)23)21(31)25-12-17-7-8-18(24)15(2)9-17/h3-10,13H,11-12H2,1-2H3,(H,25,31)(H,26,32). The molecule has 0 spiro atoms. The predicted octanol–water partition coefficient (Wildman–Crippen LogP) is 2.74. The summed E-state index contributed by atoms with van der Waals surface area (Å²) >= 11 is 0. The molecule has 32 heavy (non-hydrogen) atoms. The number of rotatable bonds is 6. The molecular formula is C23H21FN6O2. The van der Waals surface area contributed by atoms with E-state index in [1.165, 1.54) is 23.0 Å². The van der Waals surface area contributed by atoms with Crippen LogP contribution >= 0.6 is 0 Å². The van der Waals surface area contributed by atoms with E-state index in [9.17, 15) is 14.0 Å². The highest BCUT2D eigenvalue weighted by molar-refractivity contribution is 5.98. The number of hydrogen-bond acceptors (Lipinski definition) is 5. The molecule has 2 N–H and O–H groups in total. The number of nitrogens with one attached hydrogen (secondary N) is 2. The largest absolute Gasteiger partial charge is 0.347 e. The van der Waals surface area contributed by atoms with Crippen LogP contribution in [-0.2, 0) is 13.1 Å². The van der Waals surface area contributed by atoms with Gasteiger partial charge in [-0.05, 0) is 36.6 Å². The number of carbonyl (C=O) groups is 2. The van der Waals surface area contributed by atoms with Crippen molar-refractivity contribution in [2.45, 2.75) is 26.9 Å². The zero-order valence-corrected chi connectivity index (χ0v) is 17.6. The summed E-state index contributed by atoms with van der Waals surface area (Å²) in [5, 5.41) is 9.60. The number of amides is 2. The molecule has 4 rings (SSSR count). The van der Waals surface area contributed by atoms with Gasteiger partial charge in [-0.15, -0.1) is 0 Å². The molecule has 0 aliphatic rings. The van der Waals surface area contributed by atoms with Crippen LogP contribution in [0.3, 0.4) is 0 Å². The van der Waals surface area contributed by atoms with Gasteiger partial charge in [0.2, 0.25) is 0 Å². The fourth-order valence-corrected chi connectivity index (χ4v) is 3.16. The number of carbonyl (C=O) groups excluding carboxylic acids is 2. The second-order valence-electron chi connectivity index (χ2n) is 7.43. The highest BCUT2D eigenvalue weighted by Crippen LogP contribution is 2.11. The van der Waals surface area contributed by atoms with E-state index in [1.54, 1.807) is 19.1 Å². The highest BCUT2D eigenvalue weighted by atomic mass is 19.1. The summed E-state index contributed by atoms with van der Waals surface area (Å²) in [4.78, 5) is 33.7. The van der Waals surface area contributed by atoms with E-state index in [2.05, 4.69) is 25.7 Å². The Balaban J connectivity index is 1.51. The van der Waals surface area contributed by atoms with Crippen molar-refractivity contribution in [3.63, 3.8) is 0 Å². The second-order valence-corrected chi connectivity index (χ2v) is 7.43. The lowest BCUT2D eigenvalue weighted by Crippen LogP contribution is -2.28. The zero-order chi connectivity index (χ0) is 22.7. The molecule has 0 aliphatic carbocycles. The van der Waals surface area contributed by atoms with Crippen molar-refractivity contribution in [2.75, 3.05) is 0 Å². The van der Waals surface area contributed by atoms with Gasteiger partial charge >= 0.3 is 0 Å². The Bertz CT molecular complexity index is 1300. The summed E-state index contributed by atoms with van der Waals surface area (Å²) < 4.78 is 14.7. The molecule has 2 aromatic carbocycles. The highest BCUT2D eigenvalue weighted by Gasteiger charge is 2.18. The molecule has 162 valence electrons. The van der Waals surface area contributed by atoms with Gasteiger partial charge in [0.15, 0.2) is 0 Å². The Morgan fingerprint density at radius 1 is 0.938 bits per heavy atom. The maximum atomic E-state index is 13.4. The molecule has 2 heterocycles. The smallest absolute Gasteiger partial charge is 0.270 e. The summed E-state index contributed by atoms with van der Waals surface area (Å²) in [5.41, 5.74) is 3.49. The van der Waals surface area contributed by atoms with Crippen LogP contribution < -0.4 is 10.6 Å². The van der Waals surface area contributed by atoms with E-state index < -0.39 is 11.8 Å². The monoisotopic (exact) mass is 432 g/mol. The predicted molar refractivity (Wildman–Crippen MR) is 115 cm³/mol. The average Bonchev–Trinajstić information content (AvgIpc) is 3.27. The summed E-state index contributed by atoms with van der Waals surface area (Å²) in [6, 6.07) is 13.8. The van der Waals surface area contributed by atoms with Gasteiger partial charge in [0.1, 0.15) is 23.5 Å². The van der Waals surface area contributed by atoms with Crippen molar-refractivity contribution in [1.29, 1.82) is 0 Å². The number of fused-ring (bicyclic) bond motifs is 1. The molecule has 9 heteroatoms. The average molecular weight is 432 g/mol. The van der Waals surface area contributed by atoms with Gasteiger partial charge in [0, 0.05) is 19.2 Å². The van der Waals surface area contributed by atoms with Crippen molar-refractivity contribution < 1.29 is 14.0 Å². The molecule has 0 saturated heterocycles. The third-order valence-corrected chi connectivity index (χ3v) is 4.97. The Morgan fingerprint density at radius 3 is 2.38 bits per heavy atom. The molecule has 0 bridgehead atoms. The maximum absolute atomic E-state index is 13.4. The van der Waals surface area contributed by atoms with Crippen molar-refractivity contribution >= 4 is 17.6 Å². The van der Waals surface area contributed by atoms with E-state index in [4.69, 9.17) is 0 Å². The second kappa shape index (κ2) is 8.93. The first kappa shape index (κ1) is 21.1. The Hall–Kier alpha value is -4.14. The third-order valence-electron chi connectivity index (χ3n) is 4.97. The minimum Gasteiger partial charge on any atom is -0.347 e. The number of halogens is 1. The van der Waals surface area contributed by atoms with Crippen molar-refractivity contribution in [3.8, 4) is 0 Å². The minimum absolute atomic E-state index is 0.0322.